The standard InChI is InChI=1S/C26H24N2O6S/c1-5-34-26(31)19-13(2)28-25-21(20(19)15-8-11-17(29)18(12-15)33-4)22(27)24(35-25)23(30)14-6-9-16(32-3)10-7-14/h6-12,29H,5,27H2,1-4H3. The Morgan fingerprint density at radius 2 is 1.80 bits per heavy atom. The number of fused-ring (bicyclic) bond motifs is 1. The van der Waals surface area contributed by atoms with Crippen molar-refractivity contribution in [1.29, 1.82) is 0 Å². The number of aromatic hydroxyl groups is 1. The molecule has 0 fully saturated rings. The summed E-state index contributed by atoms with van der Waals surface area (Å²) in [7, 11) is 2.98. The lowest BCUT2D eigenvalue weighted by atomic mass is 9.94. The number of nitrogens with zero attached hydrogens (tertiary/aromatic N) is 1. The summed E-state index contributed by atoms with van der Waals surface area (Å²) in [5, 5.41) is 10.6. The van der Waals surface area contributed by atoms with Gasteiger partial charge in [-0.3, -0.25) is 4.79 Å². The van der Waals surface area contributed by atoms with Gasteiger partial charge < -0.3 is 25.1 Å². The van der Waals surface area contributed by atoms with Gasteiger partial charge in [0.2, 0.25) is 5.78 Å². The number of carbonyl (C=O) groups excluding carboxylic acids is 2. The highest BCUT2D eigenvalue weighted by molar-refractivity contribution is 7.21. The number of pyridine rings is 1. The Hall–Kier alpha value is -4.11. The minimum Gasteiger partial charge on any atom is -0.504 e. The molecular weight excluding hydrogens is 468 g/mol. The maximum Gasteiger partial charge on any atom is 0.340 e. The van der Waals surface area contributed by atoms with Crippen LogP contribution in [0, 0.1) is 6.92 Å². The molecule has 0 aliphatic heterocycles. The minimum absolute atomic E-state index is 0.0513. The summed E-state index contributed by atoms with van der Waals surface area (Å²) >= 11 is 1.16. The molecule has 8 nitrogen and oxygen atoms in total. The van der Waals surface area contributed by atoms with Crippen LogP contribution in [0.25, 0.3) is 21.3 Å². The minimum atomic E-state index is -0.560. The van der Waals surface area contributed by atoms with E-state index in [1.807, 2.05) is 0 Å². The molecule has 0 saturated carbocycles. The van der Waals surface area contributed by atoms with Crippen LogP contribution in [0.15, 0.2) is 42.5 Å². The average molecular weight is 493 g/mol. The average Bonchev–Trinajstić information content (AvgIpc) is 3.18. The van der Waals surface area contributed by atoms with Gasteiger partial charge in [0.05, 0.1) is 37.8 Å². The number of ether oxygens (including phenoxy) is 3. The van der Waals surface area contributed by atoms with Crippen LogP contribution in [0.4, 0.5) is 5.69 Å². The van der Waals surface area contributed by atoms with Gasteiger partial charge in [0.1, 0.15) is 15.5 Å². The Morgan fingerprint density at radius 1 is 1.09 bits per heavy atom. The van der Waals surface area contributed by atoms with E-state index in [9.17, 15) is 14.7 Å². The van der Waals surface area contributed by atoms with E-state index >= 15 is 0 Å². The molecule has 3 N–H and O–H groups in total. The molecule has 2 aromatic heterocycles. The third kappa shape index (κ3) is 4.26. The number of hydrogen-bond donors (Lipinski definition) is 2. The molecule has 0 radical (unpaired) electrons. The molecule has 0 aliphatic rings. The number of methoxy groups -OCH3 is 2. The Morgan fingerprint density at radius 3 is 2.43 bits per heavy atom. The number of anilines is 1. The number of nitrogens with two attached hydrogens (primary N) is 1. The van der Waals surface area contributed by atoms with E-state index < -0.39 is 5.97 Å². The molecule has 0 saturated heterocycles. The molecule has 0 bridgehead atoms. The molecule has 0 amide bonds. The summed E-state index contributed by atoms with van der Waals surface area (Å²) in [5.74, 6) is -0.0218. The number of ketones is 1. The van der Waals surface area contributed by atoms with Crippen LogP contribution >= 0.6 is 11.3 Å². The highest BCUT2D eigenvalue weighted by atomic mass is 32.1. The zero-order valence-corrected chi connectivity index (χ0v) is 20.5. The lowest BCUT2D eigenvalue weighted by Crippen LogP contribution is -2.11. The lowest BCUT2D eigenvalue weighted by Gasteiger charge is -2.15. The normalized spacial score (nSPS) is 10.9. The first kappa shape index (κ1) is 24.0. The molecule has 35 heavy (non-hydrogen) atoms. The third-order valence-electron chi connectivity index (χ3n) is 5.56. The van der Waals surface area contributed by atoms with Gasteiger partial charge in [-0.1, -0.05) is 6.07 Å². The summed E-state index contributed by atoms with van der Waals surface area (Å²) in [5.41, 5.74) is 8.91. The van der Waals surface area contributed by atoms with Gasteiger partial charge in [0, 0.05) is 16.5 Å². The Kier molecular flexibility index (Phi) is 6.61. The Labute approximate surface area is 205 Å². The van der Waals surface area contributed by atoms with Crippen molar-refractivity contribution in [1.82, 2.24) is 4.98 Å². The predicted octanol–water partition coefficient (Wildman–Crippen LogP) is 4.98. The number of aryl methyl sites for hydroxylation is 1. The van der Waals surface area contributed by atoms with Gasteiger partial charge >= 0.3 is 5.97 Å². The molecule has 0 spiro atoms. The van der Waals surface area contributed by atoms with Crippen LogP contribution in [0.1, 0.15) is 38.2 Å². The molecule has 180 valence electrons. The molecule has 4 aromatic rings. The van der Waals surface area contributed by atoms with Gasteiger partial charge in [-0.05, 0) is 55.8 Å². The van der Waals surface area contributed by atoms with Crippen LogP contribution in [-0.4, -0.2) is 42.7 Å². The summed E-state index contributed by atoms with van der Waals surface area (Å²) in [4.78, 5) is 31.8. The third-order valence-corrected chi connectivity index (χ3v) is 6.66. The summed E-state index contributed by atoms with van der Waals surface area (Å²) in [6.45, 7) is 3.59. The number of esters is 1. The highest BCUT2D eigenvalue weighted by Crippen LogP contribution is 2.44. The fourth-order valence-electron chi connectivity index (χ4n) is 3.88. The van der Waals surface area contributed by atoms with Crippen molar-refractivity contribution in [3.8, 4) is 28.4 Å². The molecule has 2 heterocycles. The highest BCUT2D eigenvalue weighted by Gasteiger charge is 2.28. The summed E-state index contributed by atoms with van der Waals surface area (Å²) < 4.78 is 15.8. The number of benzene rings is 2. The topological polar surface area (TPSA) is 121 Å². The monoisotopic (exact) mass is 492 g/mol. The zero-order valence-electron chi connectivity index (χ0n) is 19.7. The molecule has 2 aromatic carbocycles. The Bertz CT molecular complexity index is 1440. The van der Waals surface area contributed by atoms with Gasteiger partial charge in [0.15, 0.2) is 11.5 Å². The van der Waals surface area contributed by atoms with E-state index in [1.54, 1.807) is 57.4 Å². The van der Waals surface area contributed by atoms with E-state index in [4.69, 9.17) is 19.9 Å². The van der Waals surface area contributed by atoms with E-state index in [2.05, 4.69) is 4.98 Å². The molecule has 4 rings (SSSR count). The first-order valence-corrected chi connectivity index (χ1v) is 11.6. The van der Waals surface area contributed by atoms with Crippen molar-refractivity contribution in [2.24, 2.45) is 0 Å². The fraction of sp³-hybridized carbons (Fsp3) is 0.192. The fourth-order valence-corrected chi connectivity index (χ4v) is 5.00. The van der Waals surface area contributed by atoms with Crippen molar-refractivity contribution >= 4 is 39.0 Å². The molecule has 0 aliphatic carbocycles. The number of carbonyl (C=O) groups is 2. The number of phenolic OH excluding ortho intramolecular Hbond substituents is 1. The van der Waals surface area contributed by atoms with Crippen molar-refractivity contribution in [3.63, 3.8) is 0 Å². The van der Waals surface area contributed by atoms with E-state index in [1.165, 1.54) is 13.2 Å². The van der Waals surface area contributed by atoms with Crippen LogP contribution in [0.5, 0.6) is 17.2 Å². The maximum atomic E-state index is 13.4. The summed E-state index contributed by atoms with van der Waals surface area (Å²) in [6.07, 6.45) is 0. The van der Waals surface area contributed by atoms with Gasteiger partial charge in [-0.2, -0.15) is 0 Å². The first-order valence-electron chi connectivity index (χ1n) is 10.8. The zero-order chi connectivity index (χ0) is 25.3. The second kappa shape index (κ2) is 9.63. The van der Waals surface area contributed by atoms with Gasteiger partial charge in [-0.25, -0.2) is 9.78 Å². The summed E-state index contributed by atoms with van der Waals surface area (Å²) in [6, 6.07) is 11.5. The van der Waals surface area contributed by atoms with Crippen molar-refractivity contribution in [2.45, 2.75) is 13.8 Å². The first-order chi connectivity index (χ1) is 16.8. The smallest absolute Gasteiger partial charge is 0.340 e. The van der Waals surface area contributed by atoms with E-state index in [0.717, 1.165) is 11.3 Å². The van der Waals surface area contributed by atoms with E-state index in [-0.39, 0.29) is 35.1 Å². The van der Waals surface area contributed by atoms with Gasteiger partial charge in [-0.15, -0.1) is 11.3 Å². The van der Waals surface area contributed by atoms with E-state index in [0.29, 0.717) is 43.2 Å². The second-order valence-corrected chi connectivity index (χ2v) is 8.64. The van der Waals surface area contributed by atoms with Crippen LogP contribution < -0.4 is 15.2 Å². The molecule has 0 unspecified atom stereocenters. The molecule has 9 heteroatoms. The Balaban J connectivity index is 2.00. The molecular formula is C26H24N2O6S. The van der Waals surface area contributed by atoms with Crippen LogP contribution in [0.3, 0.4) is 0 Å². The van der Waals surface area contributed by atoms with Crippen molar-refractivity contribution in [3.05, 3.63) is 64.2 Å². The van der Waals surface area contributed by atoms with Crippen molar-refractivity contribution < 1.29 is 28.9 Å². The second-order valence-electron chi connectivity index (χ2n) is 7.64. The predicted molar refractivity (Wildman–Crippen MR) is 135 cm³/mol. The quantitative estimate of drug-likeness (QED) is 0.274. The van der Waals surface area contributed by atoms with Gasteiger partial charge in [0.25, 0.3) is 0 Å². The van der Waals surface area contributed by atoms with Crippen molar-refractivity contribution in [2.75, 3.05) is 26.6 Å². The number of aromatic nitrogens is 1. The number of thiophene rings is 1. The SMILES string of the molecule is CCOC(=O)c1c(C)nc2sc(C(=O)c3ccc(OC)cc3)c(N)c2c1-c1ccc(O)c(OC)c1. The number of hydrogen-bond acceptors (Lipinski definition) is 9. The largest absolute Gasteiger partial charge is 0.504 e. The lowest BCUT2D eigenvalue weighted by molar-refractivity contribution is 0.0526. The number of nitrogen functional groups attached to an aromatic ring is 1. The number of phenols is 1. The maximum absolute atomic E-state index is 13.4. The van der Waals surface area contributed by atoms with Crippen LogP contribution in [0.2, 0.25) is 0 Å². The number of rotatable bonds is 7. The molecule has 0 atom stereocenters. The van der Waals surface area contributed by atoms with Crippen LogP contribution in [-0.2, 0) is 4.74 Å².